The molecule has 12 nitrogen and oxygen atoms in total. The zero-order valence-electron chi connectivity index (χ0n) is 22.9. The molecule has 2 heterocycles. The maximum atomic E-state index is 13.4. The summed E-state index contributed by atoms with van der Waals surface area (Å²) in [5.74, 6) is 0.245. The van der Waals surface area contributed by atoms with Gasteiger partial charge in [-0.15, -0.1) is 0 Å². The number of nitrogens with two attached hydrogens (primary N) is 1. The fraction of sp³-hybridized carbons (Fsp3) is 0.321. The number of aromatic nitrogens is 4. The number of benzene rings is 2. The second-order valence-electron chi connectivity index (χ2n) is 9.15. The van der Waals surface area contributed by atoms with Gasteiger partial charge in [-0.1, -0.05) is 12.1 Å². The maximum Gasteiger partial charge on any atom is 0.276 e. The monoisotopic (exact) mass is 547 g/mol. The van der Waals surface area contributed by atoms with Crippen LogP contribution in [0.3, 0.4) is 0 Å². The highest BCUT2D eigenvalue weighted by atomic mass is 16.5. The number of rotatable bonds is 13. The van der Waals surface area contributed by atoms with Crippen LogP contribution in [-0.2, 0) is 17.9 Å². The zero-order chi connectivity index (χ0) is 28.8. The van der Waals surface area contributed by atoms with Gasteiger partial charge >= 0.3 is 0 Å². The number of anilines is 1. The summed E-state index contributed by atoms with van der Waals surface area (Å²) in [6.07, 6.45) is 0.987. The molecular formula is C28H33N7O5. The van der Waals surface area contributed by atoms with E-state index in [0.717, 1.165) is 17.6 Å². The SMILES string of the molecule is CCn1nc(C)cc1C(=O)Nc1nc2cc(C(N)=O)cc(OC)c2n1C(CCC=O)NCc1ccc(OC)cc1. The number of hydrogen-bond acceptors (Lipinski definition) is 8. The first kappa shape index (κ1) is 28.3. The fourth-order valence-corrected chi connectivity index (χ4v) is 4.55. The van der Waals surface area contributed by atoms with Crippen molar-refractivity contribution in [1.82, 2.24) is 24.6 Å². The number of nitrogens with one attached hydrogen (secondary N) is 2. The second kappa shape index (κ2) is 12.4. The van der Waals surface area contributed by atoms with Gasteiger partial charge in [0.1, 0.15) is 29.0 Å². The van der Waals surface area contributed by atoms with E-state index in [0.29, 0.717) is 47.7 Å². The molecule has 2 aromatic heterocycles. The molecule has 4 rings (SSSR count). The summed E-state index contributed by atoms with van der Waals surface area (Å²) >= 11 is 0. The summed E-state index contributed by atoms with van der Waals surface area (Å²) in [4.78, 5) is 41.5. The van der Waals surface area contributed by atoms with Crippen LogP contribution in [0.2, 0.25) is 0 Å². The van der Waals surface area contributed by atoms with Crippen molar-refractivity contribution in [3.8, 4) is 11.5 Å². The Morgan fingerprint density at radius 1 is 1.12 bits per heavy atom. The molecule has 2 aromatic carbocycles. The van der Waals surface area contributed by atoms with Gasteiger partial charge in [0.2, 0.25) is 11.9 Å². The Balaban J connectivity index is 1.82. The van der Waals surface area contributed by atoms with Gasteiger partial charge in [0.15, 0.2) is 0 Å². The minimum atomic E-state index is -0.641. The van der Waals surface area contributed by atoms with E-state index in [1.54, 1.807) is 28.5 Å². The number of carbonyl (C=O) groups excluding carboxylic acids is 3. The van der Waals surface area contributed by atoms with Crippen LogP contribution in [-0.4, -0.2) is 51.7 Å². The lowest BCUT2D eigenvalue weighted by Crippen LogP contribution is -2.29. The molecule has 0 aliphatic carbocycles. The van der Waals surface area contributed by atoms with Crippen molar-refractivity contribution in [1.29, 1.82) is 0 Å². The lowest BCUT2D eigenvalue weighted by atomic mass is 10.1. The first-order chi connectivity index (χ1) is 19.3. The molecule has 12 heteroatoms. The predicted octanol–water partition coefficient (Wildman–Crippen LogP) is 3.20. The number of nitrogens with zero attached hydrogens (tertiary/aromatic N) is 4. The maximum absolute atomic E-state index is 13.4. The molecule has 0 bridgehead atoms. The molecule has 0 saturated carbocycles. The van der Waals surface area contributed by atoms with Crippen molar-refractivity contribution in [2.24, 2.45) is 5.73 Å². The number of aldehydes is 1. The van der Waals surface area contributed by atoms with Gasteiger partial charge in [0.05, 0.1) is 31.6 Å². The van der Waals surface area contributed by atoms with E-state index in [1.165, 1.54) is 13.2 Å². The standard InChI is InChI=1S/C28H33N7O5/c1-5-34-22(13-17(2)33-34)27(38)32-28-31-21-14-19(26(29)37)15-23(40-4)25(21)35(28)24(7-6-12-36)30-16-18-8-10-20(39-3)11-9-18/h8-15,24,30H,5-7,16H2,1-4H3,(H2,29,37)(H,31,32,38). The van der Waals surface area contributed by atoms with E-state index in [1.807, 2.05) is 38.1 Å². The minimum absolute atomic E-state index is 0.208. The van der Waals surface area contributed by atoms with Crippen molar-refractivity contribution in [2.45, 2.75) is 45.9 Å². The number of carbonyl (C=O) groups is 3. The number of aryl methyl sites for hydroxylation is 2. The molecule has 0 spiro atoms. The van der Waals surface area contributed by atoms with Crippen LogP contribution in [0.5, 0.6) is 11.5 Å². The topological polar surface area (TPSA) is 155 Å². The van der Waals surface area contributed by atoms with Gasteiger partial charge in [0.25, 0.3) is 5.91 Å². The van der Waals surface area contributed by atoms with E-state index < -0.39 is 18.0 Å². The summed E-state index contributed by atoms with van der Waals surface area (Å²) in [7, 11) is 3.08. The highest BCUT2D eigenvalue weighted by Crippen LogP contribution is 2.34. The van der Waals surface area contributed by atoms with Crippen LogP contribution in [0.15, 0.2) is 42.5 Å². The Morgan fingerprint density at radius 2 is 1.88 bits per heavy atom. The quantitative estimate of drug-likeness (QED) is 0.216. The van der Waals surface area contributed by atoms with Crippen molar-refractivity contribution < 1.29 is 23.9 Å². The normalized spacial score (nSPS) is 11.8. The molecule has 40 heavy (non-hydrogen) atoms. The number of methoxy groups -OCH3 is 2. The molecule has 0 saturated heterocycles. The molecule has 1 unspecified atom stereocenters. The number of ether oxygens (including phenoxy) is 2. The largest absolute Gasteiger partial charge is 0.497 e. The van der Waals surface area contributed by atoms with Crippen molar-refractivity contribution >= 4 is 35.1 Å². The lowest BCUT2D eigenvalue weighted by molar-refractivity contribution is -0.108. The van der Waals surface area contributed by atoms with Gasteiger partial charge < -0.3 is 20.0 Å². The minimum Gasteiger partial charge on any atom is -0.497 e. The summed E-state index contributed by atoms with van der Waals surface area (Å²) in [6.45, 7) is 4.67. The summed E-state index contributed by atoms with van der Waals surface area (Å²) in [6, 6.07) is 12.4. The van der Waals surface area contributed by atoms with E-state index >= 15 is 0 Å². The number of hydrogen-bond donors (Lipinski definition) is 3. The van der Waals surface area contributed by atoms with Crippen LogP contribution in [0.1, 0.15) is 58.0 Å². The van der Waals surface area contributed by atoms with Crippen LogP contribution < -0.4 is 25.8 Å². The summed E-state index contributed by atoms with van der Waals surface area (Å²) < 4.78 is 14.3. The Hall–Kier alpha value is -4.71. The van der Waals surface area contributed by atoms with Crippen molar-refractivity contribution in [2.75, 3.05) is 19.5 Å². The zero-order valence-corrected chi connectivity index (χ0v) is 22.9. The molecule has 0 aliphatic rings. The molecule has 4 N–H and O–H groups in total. The van der Waals surface area contributed by atoms with Gasteiger partial charge in [-0.25, -0.2) is 4.98 Å². The molecular weight excluding hydrogens is 514 g/mol. The van der Waals surface area contributed by atoms with E-state index in [9.17, 15) is 14.4 Å². The van der Waals surface area contributed by atoms with E-state index in [-0.39, 0.29) is 17.9 Å². The van der Waals surface area contributed by atoms with Gasteiger partial charge in [0, 0.05) is 25.1 Å². The first-order valence-corrected chi connectivity index (χ1v) is 12.8. The predicted molar refractivity (Wildman–Crippen MR) is 150 cm³/mol. The number of imidazole rings is 1. The second-order valence-corrected chi connectivity index (χ2v) is 9.15. The molecule has 4 aromatic rings. The highest BCUT2D eigenvalue weighted by molar-refractivity contribution is 6.04. The molecule has 1 atom stereocenters. The van der Waals surface area contributed by atoms with Gasteiger partial charge in [-0.2, -0.15) is 5.10 Å². The average molecular weight is 548 g/mol. The Bertz CT molecular complexity index is 1520. The van der Waals surface area contributed by atoms with Gasteiger partial charge in [-0.3, -0.25) is 29.5 Å². The van der Waals surface area contributed by atoms with E-state index in [2.05, 4.69) is 20.7 Å². The van der Waals surface area contributed by atoms with Crippen LogP contribution >= 0.6 is 0 Å². The van der Waals surface area contributed by atoms with Crippen LogP contribution in [0, 0.1) is 6.92 Å². The Labute approximate surface area is 231 Å². The average Bonchev–Trinajstić information content (AvgIpc) is 3.52. The van der Waals surface area contributed by atoms with E-state index in [4.69, 9.17) is 15.2 Å². The Kier molecular flexibility index (Phi) is 8.80. The molecule has 0 fully saturated rings. The van der Waals surface area contributed by atoms with Crippen LogP contribution in [0.4, 0.5) is 5.95 Å². The number of amides is 2. The molecule has 2 amide bonds. The Morgan fingerprint density at radius 3 is 2.50 bits per heavy atom. The number of primary amides is 1. The lowest BCUT2D eigenvalue weighted by Gasteiger charge is -2.23. The molecule has 0 aliphatic heterocycles. The molecule has 0 radical (unpaired) electrons. The third-order valence-corrected chi connectivity index (χ3v) is 6.48. The molecule has 210 valence electrons. The highest BCUT2D eigenvalue weighted by Gasteiger charge is 2.25. The summed E-state index contributed by atoms with van der Waals surface area (Å²) in [5.41, 5.74) is 8.75. The van der Waals surface area contributed by atoms with Crippen molar-refractivity contribution in [3.05, 3.63) is 65.0 Å². The third-order valence-electron chi connectivity index (χ3n) is 6.48. The first-order valence-electron chi connectivity index (χ1n) is 12.8. The fourth-order valence-electron chi connectivity index (χ4n) is 4.55. The van der Waals surface area contributed by atoms with Gasteiger partial charge in [-0.05, 0) is 56.2 Å². The van der Waals surface area contributed by atoms with Crippen LogP contribution in [0.25, 0.3) is 11.0 Å². The summed E-state index contributed by atoms with van der Waals surface area (Å²) in [5, 5.41) is 10.8. The third kappa shape index (κ3) is 5.96. The van der Waals surface area contributed by atoms with Crippen molar-refractivity contribution in [3.63, 3.8) is 0 Å². The number of fused-ring (bicyclic) bond motifs is 1. The smallest absolute Gasteiger partial charge is 0.276 e.